The van der Waals surface area contributed by atoms with E-state index in [1.54, 1.807) is 11.0 Å². The summed E-state index contributed by atoms with van der Waals surface area (Å²) in [4.78, 5) is 144. The molecule has 2 saturated heterocycles. The molecule has 2 aliphatic rings. The zero-order valence-electron chi connectivity index (χ0n) is 48.1. The lowest BCUT2D eigenvalue weighted by Gasteiger charge is -2.30. The molecule has 12 N–H and O–H groups in total. The highest BCUT2D eigenvalue weighted by Gasteiger charge is 2.50. The number of ether oxygens (including phenoxy) is 1. The van der Waals surface area contributed by atoms with Crippen LogP contribution in [-0.4, -0.2) is 164 Å². The number of nitrogen functional groups attached to an aromatic ring is 1. The highest BCUT2D eigenvalue weighted by Crippen LogP contribution is 2.61. The van der Waals surface area contributed by atoms with Crippen LogP contribution in [0.1, 0.15) is 79.7 Å². The van der Waals surface area contributed by atoms with Gasteiger partial charge < -0.3 is 66.4 Å². The number of aldehydes is 1. The molecule has 5 amide bonds. The third-order valence-electron chi connectivity index (χ3n) is 13.8. The average molecular weight is 1320 g/mol. The maximum atomic E-state index is 13.8. The number of likely N-dealkylation sites (tertiary alicyclic amines) is 1. The van der Waals surface area contributed by atoms with Gasteiger partial charge >= 0.3 is 23.5 Å². The van der Waals surface area contributed by atoms with E-state index in [-0.39, 0.29) is 70.9 Å². The zero-order valence-corrected chi connectivity index (χ0v) is 51.6. The number of rotatable bonds is 29. The number of aliphatic hydroxyl groups is 2. The van der Waals surface area contributed by atoms with Crippen LogP contribution < -0.4 is 27.0 Å². The van der Waals surface area contributed by atoms with Crippen molar-refractivity contribution in [3.05, 3.63) is 113 Å². The smallest absolute Gasteiger partial charge is 0.386 e. The largest absolute Gasteiger partial charge is 0.481 e. The molecular formula is C54H67N10O21P3S. The van der Waals surface area contributed by atoms with Crippen LogP contribution in [0.2, 0.25) is 0 Å². The maximum absolute atomic E-state index is 13.8. The number of benzene rings is 3. The number of imidazole rings is 1. The van der Waals surface area contributed by atoms with Gasteiger partial charge in [0.15, 0.2) is 22.8 Å². The summed E-state index contributed by atoms with van der Waals surface area (Å²) in [6.45, 7) is 2.08. The summed E-state index contributed by atoms with van der Waals surface area (Å²) in [7, 11) is -16.6. The molecule has 0 bridgehead atoms. The number of nitrogens with zero attached hydrogens (tertiary/aromatic N) is 5. The number of carbonyl (C=O) groups excluding carboxylic acids is 7. The molecule has 3 aromatic carbocycles. The standard InChI is InChI=1S/C54H67N10O21P3S/c1-32(66)61-40(50(71)62-39-11-7-8-21-63(52(39)73)26-33-12-15-36(16-13-33)35-9-5-4-6-10-35)24-34-14-17-37(38(23-34)27-65)25-43(68)89-22-20-56-42(67)18-19-57-51(72)47(70)54(2,3)29-82-88(79,80)85-87(77,78)81-28-41-46(84-86(74,75)76)45(69)53(83-41)64-31-60-44-48(55)58-30-59-49(44)64/h4-6,9-10,12-17,23-24,27,30-31,39,41,45-47,53,69-70H,7-8,11,18-22,25-26,28-29H2,1-3H3,(H,56,67)(H,57,72)(H,61,66)(H,62,71)(H,77,78)(H,79,80)(H2,55,58,59)(H2,74,75,76)/b40-24-. The van der Waals surface area contributed by atoms with Gasteiger partial charge in [-0.3, -0.25) is 51.7 Å². The lowest BCUT2D eigenvalue weighted by molar-refractivity contribution is -0.137. The summed E-state index contributed by atoms with van der Waals surface area (Å²) in [6.07, 6.45) is -3.82. The summed E-state index contributed by atoms with van der Waals surface area (Å²) >= 11 is 0.869. The first-order valence-electron chi connectivity index (χ1n) is 27.4. The van der Waals surface area contributed by atoms with E-state index in [0.717, 1.165) is 52.1 Å². The van der Waals surface area contributed by atoms with Crippen LogP contribution in [0.15, 0.2) is 91.1 Å². The van der Waals surface area contributed by atoms with E-state index in [1.165, 1.54) is 39.0 Å². The van der Waals surface area contributed by atoms with Crippen molar-refractivity contribution in [1.82, 2.24) is 45.7 Å². The highest BCUT2D eigenvalue weighted by atomic mass is 32.2. The van der Waals surface area contributed by atoms with Crippen LogP contribution in [0.3, 0.4) is 0 Å². The van der Waals surface area contributed by atoms with Crippen molar-refractivity contribution in [2.75, 3.05) is 44.3 Å². The number of phosphoric acid groups is 3. The van der Waals surface area contributed by atoms with Gasteiger partial charge in [0.05, 0.1) is 19.5 Å². The molecule has 0 aliphatic carbocycles. The third-order valence-corrected chi connectivity index (χ3v) is 17.8. The SMILES string of the molecule is CC(=O)N/C(=C\c1ccc(CC(=O)SCCNC(=O)CCNC(=O)C(O)C(C)(C)COP(=O)(O)OP(=O)(O)OCC2OC(n3cnc4c(N)ncnc43)C(O)C2OP(=O)(O)O)c(C=O)c1)C(=O)NC1CCCCN(Cc2ccc(-c3ccccc3)cc2)C1=O. The van der Waals surface area contributed by atoms with Crippen molar-refractivity contribution in [3.8, 4) is 11.1 Å². The van der Waals surface area contributed by atoms with Gasteiger partial charge in [-0.05, 0) is 59.2 Å². The molecule has 0 saturated carbocycles. The number of hydrogen-bond donors (Lipinski definition) is 11. The first-order chi connectivity index (χ1) is 42.0. The van der Waals surface area contributed by atoms with Crippen molar-refractivity contribution in [3.63, 3.8) is 0 Å². The van der Waals surface area contributed by atoms with Gasteiger partial charge in [0.2, 0.25) is 23.6 Å². The lowest BCUT2D eigenvalue weighted by atomic mass is 9.87. The van der Waals surface area contributed by atoms with Gasteiger partial charge in [-0.25, -0.2) is 28.6 Å². The van der Waals surface area contributed by atoms with Crippen LogP contribution >= 0.6 is 35.2 Å². The number of aromatic nitrogens is 4. The Morgan fingerprint density at radius 3 is 2.33 bits per heavy atom. The molecule has 480 valence electrons. The van der Waals surface area contributed by atoms with Gasteiger partial charge in [-0.15, -0.1) is 0 Å². The second-order valence-corrected chi connectivity index (χ2v) is 26.5. The molecule has 31 nitrogen and oxygen atoms in total. The Kier molecular flexibility index (Phi) is 24.0. The third kappa shape index (κ3) is 20.0. The van der Waals surface area contributed by atoms with Crippen LogP contribution in [0.25, 0.3) is 28.4 Å². The Morgan fingerprint density at radius 1 is 0.921 bits per heavy atom. The van der Waals surface area contributed by atoms with E-state index in [1.807, 2.05) is 54.6 Å². The van der Waals surface area contributed by atoms with E-state index in [9.17, 15) is 77.0 Å². The summed E-state index contributed by atoms with van der Waals surface area (Å²) in [5, 5.41) is 31.6. The molecule has 8 unspecified atom stereocenters. The molecule has 89 heavy (non-hydrogen) atoms. The van der Waals surface area contributed by atoms with Crippen LogP contribution in [0.5, 0.6) is 0 Å². The second-order valence-electron chi connectivity index (χ2n) is 21.1. The molecule has 0 spiro atoms. The summed E-state index contributed by atoms with van der Waals surface area (Å²) in [5.74, 6) is -3.09. The molecule has 2 fully saturated rings. The first kappa shape index (κ1) is 69.5. The normalized spacial score (nSPS) is 20.0. The minimum Gasteiger partial charge on any atom is -0.386 e. The molecular weight excluding hydrogens is 1250 g/mol. The van der Waals surface area contributed by atoms with E-state index >= 15 is 0 Å². The van der Waals surface area contributed by atoms with Crippen LogP contribution in [0.4, 0.5) is 5.82 Å². The predicted octanol–water partition coefficient (Wildman–Crippen LogP) is 2.56. The van der Waals surface area contributed by atoms with Crippen LogP contribution in [-0.2, 0) is 78.0 Å². The van der Waals surface area contributed by atoms with E-state index < -0.39 is 102 Å². The molecule has 4 heterocycles. The number of nitrogens with one attached hydrogen (secondary N) is 4. The number of aliphatic hydroxyl groups excluding tert-OH is 2. The number of amides is 5. The fourth-order valence-electron chi connectivity index (χ4n) is 9.28. The molecule has 35 heteroatoms. The van der Waals surface area contributed by atoms with Crippen molar-refractivity contribution in [2.45, 2.75) is 96.1 Å². The summed E-state index contributed by atoms with van der Waals surface area (Å²) in [5.41, 5.74) is 7.85. The topological polar surface area (TPSA) is 459 Å². The lowest BCUT2D eigenvalue weighted by Crippen LogP contribution is -2.48. The highest BCUT2D eigenvalue weighted by molar-refractivity contribution is 8.13. The van der Waals surface area contributed by atoms with Gasteiger partial charge in [-0.2, -0.15) is 4.31 Å². The van der Waals surface area contributed by atoms with Crippen molar-refractivity contribution in [2.24, 2.45) is 5.41 Å². The number of anilines is 1. The Morgan fingerprint density at radius 2 is 1.63 bits per heavy atom. The van der Waals surface area contributed by atoms with Crippen molar-refractivity contribution < 1.29 is 99.7 Å². The van der Waals surface area contributed by atoms with Gasteiger partial charge in [0, 0.05) is 62.7 Å². The number of carbonyl (C=O) groups is 7. The van der Waals surface area contributed by atoms with Crippen molar-refractivity contribution in [1.29, 1.82) is 0 Å². The van der Waals surface area contributed by atoms with Crippen LogP contribution in [0, 0.1) is 5.41 Å². The molecule has 2 aromatic heterocycles. The quantitative estimate of drug-likeness (QED) is 0.0142. The fourth-order valence-corrected chi connectivity index (χ4v) is 12.8. The second kappa shape index (κ2) is 30.7. The van der Waals surface area contributed by atoms with Gasteiger partial charge in [0.25, 0.3) is 5.91 Å². The molecule has 5 aromatic rings. The molecule has 0 radical (unpaired) electrons. The molecule has 7 rings (SSSR count). The molecule has 8 atom stereocenters. The number of phosphoric ester groups is 3. The number of nitrogens with two attached hydrogens (primary N) is 1. The van der Waals surface area contributed by atoms with Crippen molar-refractivity contribution >= 4 is 99.2 Å². The summed E-state index contributed by atoms with van der Waals surface area (Å²) < 4.78 is 62.7. The van der Waals surface area contributed by atoms with E-state index in [4.69, 9.17) is 19.5 Å². The number of hydrogen-bond acceptors (Lipinski definition) is 22. The number of fused-ring (bicyclic) bond motifs is 1. The summed E-state index contributed by atoms with van der Waals surface area (Å²) in [6, 6.07) is 21.5. The van der Waals surface area contributed by atoms with Gasteiger partial charge in [0.1, 0.15) is 54.3 Å². The average Bonchev–Trinajstić information content (AvgIpc) is 1.64. The fraction of sp³-hybridized carbons (Fsp3) is 0.407. The monoisotopic (exact) mass is 1320 g/mol. The predicted molar refractivity (Wildman–Crippen MR) is 318 cm³/mol. The zero-order chi connectivity index (χ0) is 64.8. The number of thioether (sulfide) groups is 1. The Balaban J connectivity index is 0.812. The molecule has 2 aliphatic heterocycles. The minimum atomic E-state index is -5.64. The maximum Gasteiger partial charge on any atom is 0.481 e. The van der Waals surface area contributed by atoms with E-state index in [2.05, 4.69) is 45.1 Å². The minimum absolute atomic E-state index is 0.00678. The Bertz CT molecular complexity index is 3580. The Hall–Kier alpha value is -6.96. The first-order valence-corrected chi connectivity index (χ1v) is 32.9. The van der Waals surface area contributed by atoms with E-state index in [0.29, 0.717) is 43.3 Å². The Labute approximate surface area is 513 Å². The van der Waals surface area contributed by atoms with Gasteiger partial charge in [-0.1, -0.05) is 92.3 Å².